The molecule has 20 heavy (non-hydrogen) atoms. The minimum atomic E-state index is -1.73. The highest BCUT2D eigenvalue weighted by Crippen LogP contribution is 2.33. The van der Waals surface area contributed by atoms with Crippen molar-refractivity contribution in [2.75, 3.05) is 6.61 Å². The number of carbonyl (C=O) groups excluding carboxylic acids is 1. The lowest BCUT2D eigenvalue weighted by Crippen LogP contribution is -2.41. The molecule has 0 fully saturated rings. The highest BCUT2D eigenvalue weighted by Gasteiger charge is 2.40. The zero-order chi connectivity index (χ0) is 15.0. The number of rotatable bonds is 8. The number of benzene rings is 1. The maximum atomic E-state index is 12.0. The van der Waals surface area contributed by atoms with Crippen LogP contribution in [0.15, 0.2) is 30.3 Å². The molecule has 3 nitrogen and oxygen atoms in total. The molecule has 0 heterocycles. The first kappa shape index (κ1) is 17.0. The number of halogens is 1. The van der Waals surface area contributed by atoms with Crippen molar-refractivity contribution < 1.29 is 14.6 Å². The zero-order valence-corrected chi connectivity index (χ0v) is 12.9. The van der Waals surface area contributed by atoms with Crippen molar-refractivity contribution in [3.05, 3.63) is 35.9 Å². The number of alkyl halides is 1. The highest BCUT2D eigenvalue weighted by atomic mass is 35.5. The fourth-order valence-electron chi connectivity index (χ4n) is 1.89. The predicted octanol–water partition coefficient (Wildman–Crippen LogP) is 3.84. The van der Waals surface area contributed by atoms with Gasteiger partial charge >= 0.3 is 5.97 Å². The van der Waals surface area contributed by atoms with E-state index in [9.17, 15) is 9.90 Å². The van der Waals surface area contributed by atoms with E-state index < -0.39 is 16.9 Å². The van der Waals surface area contributed by atoms with Crippen LogP contribution >= 0.6 is 11.6 Å². The van der Waals surface area contributed by atoms with Gasteiger partial charge in [0.1, 0.15) is 0 Å². The second kappa shape index (κ2) is 8.28. The van der Waals surface area contributed by atoms with Gasteiger partial charge in [-0.15, -0.1) is 11.6 Å². The molecule has 112 valence electrons. The summed E-state index contributed by atoms with van der Waals surface area (Å²) >= 11 is 6.20. The number of carbonyl (C=O) groups is 1. The molecular weight excluding hydrogens is 276 g/mol. The third-order valence-electron chi connectivity index (χ3n) is 3.23. The molecule has 1 N–H and O–H groups in total. The standard InChI is InChI=1S/C16H23ClO3/c1-3-4-5-9-12-20-15(18)16(2,19)14(17)13-10-7-6-8-11-13/h6-8,10-11,14,19H,3-5,9,12H2,1-2H3. The van der Waals surface area contributed by atoms with Gasteiger partial charge in [-0.25, -0.2) is 4.79 Å². The van der Waals surface area contributed by atoms with Gasteiger partial charge in [0, 0.05) is 0 Å². The molecule has 0 aliphatic heterocycles. The third kappa shape index (κ3) is 4.80. The van der Waals surface area contributed by atoms with E-state index in [1.807, 2.05) is 18.2 Å². The van der Waals surface area contributed by atoms with Gasteiger partial charge in [0.2, 0.25) is 0 Å². The highest BCUT2D eigenvalue weighted by molar-refractivity contribution is 6.23. The molecule has 0 amide bonds. The van der Waals surface area contributed by atoms with Gasteiger partial charge < -0.3 is 9.84 Å². The first-order valence-electron chi connectivity index (χ1n) is 7.08. The first-order chi connectivity index (χ1) is 9.50. The predicted molar refractivity (Wildman–Crippen MR) is 80.8 cm³/mol. The van der Waals surface area contributed by atoms with Gasteiger partial charge in [-0.2, -0.15) is 0 Å². The summed E-state index contributed by atoms with van der Waals surface area (Å²) in [5, 5.41) is 9.47. The fraction of sp³-hybridized carbons (Fsp3) is 0.562. The van der Waals surface area contributed by atoms with Crippen LogP contribution in [0.2, 0.25) is 0 Å². The lowest BCUT2D eigenvalue weighted by Gasteiger charge is -2.26. The van der Waals surface area contributed by atoms with Gasteiger partial charge in [0.25, 0.3) is 0 Å². The Bertz CT molecular complexity index is 403. The maximum Gasteiger partial charge on any atom is 0.339 e. The minimum absolute atomic E-state index is 0.327. The van der Waals surface area contributed by atoms with E-state index in [1.165, 1.54) is 6.92 Å². The van der Waals surface area contributed by atoms with Crippen molar-refractivity contribution >= 4 is 17.6 Å². The topological polar surface area (TPSA) is 46.5 Å². The molecule has 1 aromatic rings. The molecule has 0 aliphatic carbocycles. The summed E-state index contributed by atoms with van der Waals surface area (Å²) in [6.45, 7) is 3.84. The lowest BCUT2D eigenvalue weighted by atomic mass is 9.96. The van der Waals surface area contributed by atoms with Crippen molar-refractivity contribution in [1.29, 1.82) is 0 Å². The molecule has 1 rings (SSSR count). The van der Waals surface area contributed by atoms with Crippen LogP contribution in [0.5, 0.6) is 0 Å². The molecule has 0 aliphatic rings. The second-order valence-electron chi connectivity index (χ2n) is 5.12. The average molecular weight is 299 g/mol. The average Bonchev–Trinajstić information content (AvgIpc) is 2.46. The molecule has 2 atom stereocenters. The van der Waals surface area contributed by atoms with Gasteiger partial charge in [0.05, 0.1) is 12.0 Å². The normalized spacial score (nSPS) is 15.4. The van der Waals surface area contributed by atoms with E-state index in [-0.39, 0.29) is 0 Å². The molecule has 2 unspecified atom stereocenters. The third-order valence-corrected chi connectivity index (χ3v) is 3.91. The molecule has 1 aromatic carbocycles. The van der Waals surface area contributed by atoms with Crippen LogP contribution in [-0.4, -0.2) is 23.3 Å². The van der Waals surface area contributed by atoms with Crippen LogP contribution < -0.4 is 0 Å². The quantitative estimate of drug-likeness (QED) is 0.450. The summed E-state index contributed by atoms with van der Waals surface area (Å²) in [6.07, 6.45) is 4.09. The Balaban J connectivity index is 2.52. The first-order valence-corrected chi connectivity index (χ1v) is 7.52. The summed E-state index contributed by atoms with van der Waals surface area (Å²) in [4.78, 5) is 12.0. The van der Waals surface area contributed by atoms with E-state index in [2.05, 4.69) is 6.92 Å². The molecule has 0 aromatic heterocycles. The summed E-state index contributed by atoms with van der Waals surface area (Å²) in [7, 11) is 0. The number of esters is 1. The summed E-state index contributed by atoms with van der Waals surface area (Å²) < 4.78 is 5.12. The molecule has 4 heteroatoms. The molecule has 0 bridgehead atoms. The van der Waals surface area contributed by atoms with Crippen molar-refractivity contribution in [3.8, 4) is 0 Å². The van der Waals surface area contributed by atoms with Crippen molar-refractivity contribution in [2.24, 2.45) is 0 Å². The van der Waals surface area contributed by atoms with Crippen molar-refractivity contribution in [1.82, 2.24) is 0 Å². The molecule has 0 spiro atoms. The van der Waals surface area contributed by atoms with Crippen LogP contribution in [0.1, 0.15) is 50.5 Å². The number of hydrogen-bond acceptors (Lipinski definition) is 3. The van der Waals surface area contributed by atoms with Crippen LogP contribution in [0.4, 0.5) is 0 Å². The smallest absolute Gasteiger partial charge is 0.339 e. The van der Waals surface area contributed by atoms with Crippen LogP contribution in [0.3, 0.4) is 0 Å². The van der Waals surface area contributed by atoms with Gasteiger partial charge in [-0.3, -0.25) is 0 Å². The summed E-state index contributed by atoms with van der Waals surface area (Å²) in [6, 6.07) is 9.04. The Hall–Kier alpha value is -1.06. The number of hydrogen-bond donors (Lipinski definition) is 1. The maximum absolute atomic E-state index is 12.0. The number of aliphatic hydroxyl groups is 1. The van der Waals surface area contributed by atoms with Crippen LogP contribution in [-0.2, 0) is 9.53 Å². The zero-order valence-electron chi connectivity index (χ0n) is 12.1. The lowest BCUT2D eigenvalue weighted by molar-refractivity contribution is -0.164. The Morgan fingerprint density at radius 1 is 1.30 bits per heavy atom. The Morgan fingerprint density at radius 2 is 1.95 bits per heavy atom. The SMILES string of the molecule is CCCCCCOC(=O)C(C)(O)C(Cl)c1ccccc1. The van der Waals surface area contributed by atoms with Crippen molar-refractivity contribution in [2.45, 2.75) is 50.5 Å². The Kier molecular flexibility index (Phi) is 7.03. The Morgan fingerprint density at radius 3 is 2.55 bits per heavy atom. The van der Waals surface area contributed by atoms with E-state index in [4.69, 9.17) is 16.3 Å². The Labute approximate surface area is 125 Å². The molecular formula is C16H23ClO3. The van der Waals surface area contributed by atoms with E-state index in [0.29, 0.717) is 12.2 Å². The second-order valence-corrected chi connectivity index (χ2v) is 5.55. The van der Waals surface area contributed by atoms with Gasteiger partial charge in [-0.1, -0.05) is 56.5 Å². The van der Waals surface area contributed by atoms with Gasteiger partial charge in [-0.05, 0) is 18.9 Å². The van der Waals surface area contributed by atoms with Crippen LogP contribution in [0.25, 0.3) is 0 Å². The van der Waals surface area contributed by atoms with Gasteiger partial charge in [0.15, 0.2) is 5.60 Å². The fourth-order valence-corrected chi connectivity index (χ4v) is 2.12. The summed E-state index contributed by atoms with van der Waals surface area (Å²) in [5.41, 5.74) is -1.03. The largest absolute Gasteiger partial charge is 0.464 e. The minimum Gasteiger partial charge on any atom is -0.464 e. The van der Waals surface area contributed by atoms with E-state index in [0.717, 1.165) is 25.7 Å². The van der Waals surface area contributed by atoms with Crippen molar-refractivity contribution in [3.63, 3.8) is 0 Å². The number of unbranched alkanes of at least 4 members (excludes halogenated alkanes) is 3. The van der Waals surface area contributed by atoms with Crippen LogP contribution in [0, 0.1) is 0 Å². The number of ether oxygens (including phenoxy) is 1. The molecule has 0 saturated heterocycles. The molecule has 0 radical (unpaired) electrons. The monoisotopic (exact) mass is 298 g/mol. The molecule has 0 saturated carbocycles. The summed E-state index contributed by atoms with van der Waals surface area (Å²) in [5.74, 6) is -0.669. The van der Waals surface area contributed by atoms with E-state index in [1.54, 1.807) is 12.1 Å². The van der Waals surface area contributed by atoms with E-state index >= 15 is 0 Å².